The average molecular weight is 351 g/mol. The molecule has 0 aliphatic rings. The van der Waals surface area contributed by atoms with E-state index in [1.807, 2.05) is 14.0 Å². The third kappa shape index (κ3) is 8.44. The first-order valence-corrected chi connectivity index (χ1v) is 7.49. The predicted molar refractivity (Wildman–Crippen MR) is 92.5 cm³/mol. The fraction of sp³-hybridized carbons (Fsp3) is 0.533. The van der Waals surface area contributed by atoms with Crippen molar-refractivity contribution in [3.8, 4) is 5.75 Å². The van der Waals surface area contributed by atoms with Gasteiger partial charge in [0.25, 0.3) is 0 Å². The van der Waals surface area contributed by atoms with Crippen LogP contribution in [0.2, 0.25) is 5.02 Å². The van der Waals surface area contributed by atoms with Crippen LogP contribution >= 0.6 is 24.0 Å². The average Bonchev–Trinajstić information content (AvgIpc) is 2.46. The largest absolute Gasteiger partial charge is 0.489 e. The standard InChI is InChI=1S/C15H23ClN2O3.ClH/c1-3-20-9-10-21-14-7-6-12(16)11-13(14)18-15(19)5-4-8-17-2;/h6-7,11,17H,3-5,8-10H2,1-2H3,(H,18,19);1H. The number of ether oxygens (including phenoxy) is 2. The van der Waals surface area contributed by atoms with E-state index in [9.17, 15) is 4.79 Å². The molecule has 0 unspecified atom stereocenters. The Morgan fingerprint density at radius 2 is 2.09 bits per heavy atom. The van der Waals surface area contributed by atoms with Crippen molar-refractivity contribution in [3.63, 3.8) is 0 Å². The van der Waals surface area contributed by atoms with Crippen LogP contribution in [0.1, 0.15) is 19.8 Å². The van der Waals surface area contributed by atoms with Gasteiger partial charge in [0.05, 0.1) is 12.3 Å². The maximum atomic E-state index is 11.9. The number of benzene rings is 1. The lowest BCUT2D eigenvalue weighted by Gasteiger charge is -2.13. The Labute approximate surface area is 143 Å². The van der Waals surface area contributed by atoms with Gasteiger partial charge in [-0.2, -0.15) is 0 Å². The molecule has 7 heteroatoms. The third-order valence-electron chi connectivity index (χ3n) is 2.74. The molecule has 5 nitrogen and oxygen atoms in total. The van der Waals surface area contributed by atoms with Gasteiger partial charge in [0.1, 0.15) is 12.4 Å². The molecule has 1 rings (SSSR count). The number of halogens is 2. The van der Waals surface area contributed by atoms with Crippen molar-refractivity contribution < 1.29 is 14.3 Å². The molecule has 0 saturated carbocycles. The topological polar surface area (TPSA) is 59.6 Å². The summed E-state index contributed by atoms with van der Waals surface area (Å²) in [6, 6.07) is 5.17. The third-order valence-corrected chi connectivity index (χ3v) is 2.97. The second-order valence-corrected chi connectivity index (χ2v) is 4.88. The van der Waals surface area contributed by atoms with Crippen molar-refractivity contribution in [1.29, 1.82) is 0 Å². The van der Waals surface area contributed by atoms with E-state index in [1.165, 1.54) is 0 Å². The van der Waals surface area contributed by atoms with Crippen molar-refractivity contribution in [2.24, 2.45) is 0 Å². The van der Waals surface area contributed by atoms with E-state index in [2.05, 4.69) is 10.6 Å². The molecule has 0 atom stereocenters. The Bertz CT molecular complexity index is 445. The number of nitrogens with one attached hydrogen (secondary N) is 2. The van der Waals surface area contributed by atoms with Crippen LogP contribution < -0.4 is 15.4 Å². The Morgan fingerprint density at radius 3 is 2.77 bits per heavy atom. The molecular weight excluding hydrogens is 327 g/mol. The summed E-state index contributed by atoms with van der Waals surface area (Å²) < 4.78 is 10.8. The highest BCUT2D eigenvalue weighted by atomic mass is 35.5. The molecule has 0 heterocycles. The van der Waals surface area contributed by atoms with Gasteiger partial charge in [0.2, 0.25) is 5.91 Å². The minimum Gasteiger partial charge on any atom is -0.489 e. The zero-order chi connectivity index (χ0) is 15.5. The molecular formula is C15H24Cl2N2O3. The maximum Gasteiger partial charge on any atom is 0.224 e. The summed E-state index contributed by atoms with van der Waals surface area (Å²) in [5, 5.41) is 6.40. The van der Waals surface area contributed by atoms with Gasteiger partial charge in [-0.3, -0.25) is 4.79 Å². The van der Waals surface area contributed by atoms with Crippen molar-refractivity contribution in [2.45, 2.75) is 19.8 Å². The van der Waals surface area contributed by atoms with E-state index >= 15 is 0 Å². The van der Waals surface area contributed by atoms with Crippen molar-refractivity contribution in [2.75, 3.05) is 38.7 Å². The van der Waals surface area contributed by atoms with Crippen LogP contribution in [0, 0.1) is 0 Å². The number of carbonyl (C=O) groups excluding carboxylic acids is 1. The summed E-state index contributed by atoms with van der Waals surface area (Å²) in [6.07, 6.45) is 1.23. The van der Waals surface area contributed by atoms with Gasteiger partial charge in [-0.1, -0.05) is 11.6 Å². The van der Waals surface area contributed by atoms with Crippen molar-refractivity contribution in [3.05, 3.63) is 23.2 Å². The summed E-state index contributed by atoms with van der Waals surface area (Å²) in [7, 11) is 1.86. The first kappa shape index (κ1) is 21.0. The zero-order valence-corrected chi connectivity index (χ0v) is 14.6. The molecule has 1 amide bonds. The summed E-state index contributed by atoms with van der Waals surface area (Å²) in [4.78, 5) is 11.9. The summed E-state index contributed by atoms with van der Waals surface area (Å²) >= 11 is 5.97. The molecule has 0 aliphatic carbocycles. The summed E-state index contributed by atoms with van der Waals surface area (Å²) in [5.41, 5.74) is 0.591. The number of rotatable bonds is 10. The van der Waals surface area contributed by atoms with Crippen molar-refractivity contribution in [1.82, 2.24) is 5.32 Å². The quantitative estimate of drug-likeness (QED) is 0.636. The second kappa shape index (κ2) is 12.5. The lowest BCUT2D eigenvalue weighted by atomic mass is 10.2. The number of carbonyl (C=O) groups is 1. The van der Waals surface area contributed by atoms with Gasteiger partial charge in [-0.15, -0.1) is 12.4 Å². The van der Waals surface area contributed by atoms with E-state index in [1.54, 1.807) is 18.2 Å². The second-order valence-electron chi connectivity index (χ2n) is 4.44. The molecule has 0 spiro atoms. The molecule has 0 bridgehead atoms. The number of hydrogen-bond donors (Lipinski definition) is 2. The van der Waals surface area contributed by atoms with Gasteiger partial charge in [-0.25, -0.2) is 0 Å². The van der Waals surface area contributed by atoms with Crippen LogP contribution in [-0.4, -0.2) is 39.3 Å². The predicted octanol–water partition coefficient (Wildman–Crippen LogP) is 3.12. The SMILES string of the molecule is CCOCCOc1ccc(Cl)cc1NC(=O)CCCNC.Cl. The molecule has 0 aliphatic heterocycles. The van der Waals surface area contributed by atoms with E-state index in [-0.39, 0.29) is 18.3 Å². The van der Waals surface area contributed by atoms with Gasteiger partial charge in [-0.05, 0) is 45.1 Å². The molecule has 0 aromatic heterocycles. The number of hydrogen-bond acceptors (Lipinski definition) is 4. The molecule has 126 valence electrons. The minimum atomic E-state index is -0.0535. The first-order chi connectivity index (χ1) is 10.2. The Balaban J connectivity index is 0.00000441. The van der Waals surface area contributed by atoms with Crippen LogP contribution in [0.25, 0.3) is 0 Å². The Morgan fingerprint density at radius 1 is 1.32 bits per heavy atom. The fourth-order valence-corrected chi connectivity index (χ4v) is 1.89. The van der Waals surface area contributed by atoms with Crippen LogP contribution in [0.4, 0.5) is 5.69 Å². The summed E-state index contributed by atoms with van der Waals surface area (Å²) in [6.45, 7) is 4.32. The molecule has 2 N–H and O–H groups in total. The van der Waals surface area contributed by atoms with E-state index in [4.69, 9.17) is 21.1 Å². The molecule has 1 aromatic carbocycles. The highest BCUT2D eigenvalue weighted by Gasteiger charge is 2.09. The van der Waals surface area contributed by atoms with E-state index < -0.39 is 0 Å². The Hall–Kier alpha value is -1.01. The van der Waals surface area contributed by atoms with Crippen LogP contribution in [0.3, 0.4) is 0 Å². The van der Waals surface area contributed by atoms with Gasteiger partial charge in [0, 0.05) is 18.1 Å². The number of anilines is 1. The smallest absolute Gasteiger partial charge is 0.224 e. The monoisotopic (exact) mass is 350 g/mol. The van der Waals surface area contributed by atoms with Crippen LogP contribution in [0.15, 0.2) is 18.2 Å². The van der Waals surface area contributed by atoms with Gasteiger partial charge >= 0.3 is 0 Å². The lowest BCUT2D eigenvalue weighted by Crippen LogP contribution is -2.16. The molecule has 0 radical (unpaired) electrons. The molecule has 0 saturated heterocycles. The van der Waals surface area contributed by atoms with E-state index in [0.717, 1.165) is 13.0 Å². The van der Waals surface area contributed by atoms with E-state index in [0.29, 0.717) is 42.7 Å². The molecule has 0 fully saturated rings. The van der Waals surface area contributed by atoms with Gasteiger partial charge in [0.15, 0.2) is 0 Å². The molecule has 22 heavy (non-hydrogen) atoms. The first-order valence-electron chi connectivity index (χ1n) is 7.12. The highest BCUT2D eigenvalue weighted by molar-refractivity contribution is 6.31. The maximum absolute atomic E-state index is 11.9. The lowest BCUT2D eigenvalue weighted by molar-refractivity contribution is -0.116. The van der Waals surface area contributed by atoms with Gasteiger partial charge < -0.3 is 20.1 Å². The zero-order valence-electron chi connectivity index (χ0n) is 13.0. The Kier molecular flexibility index (Phi) is 12.0. The van der Waals surface area contributed by atoms with Crippen LogP contribution in [0.5, 0.6) is 5.75 Å². The summed E-state index contributed by atoms with van der Waals surface area (Å²) in [5.74, 6) is 0.545. The number of amides is 1. The minimum absolute atomic E-state index is 0. The van der Waals surface area contributed by atoms with Crippen molar-refractivity contribution >= 4 is 35.6 Å². The normalized spacial score (nSPS) is 9.95. The van der Waals surface area contributed by atoms with Crippen LogP contribution in [-0.2, 0) is 9.53 Å². The fourth-order valence-electron chi connectivity index (χ4n) is 1.72. The molecule has 1 aromatic rings. The highest BCUT2D eigenvalue weighted by Crippen LogP contribution is 2.28.